The molecule has 6 heteroatoms. The van der Waals surface area contributed by atoms with Crippen LogP contribution in [0.5, 0.6) is 0 Å². The molecule has 0 aliphatic carbocycles. The molecule has 2 aromatic rings. The number of nitrogens with one attached hydrogen (secondary N) is 1. The average Bonchev–Trinajstić information content (AvgIpc) is 2.37. The monoisotopic (exact) mass is 323 g/mol. The Morgan fingerprint density at radius 1 is 1.05 bits per heavy atom. The molecule has 0 heterocycles. The predicted octanol–water partition coefficient (Wildman–Crippen LogP) is 4.25. The first kappa shape index (κ1) is 15.4. The summed E-state index contributed by atoms with van der Waals surface area (Å²) in [5.41, 5.74) is 1.54. The van der Waals surface area contributed by atoms with Crippen LogP contribution in [0.2, 0.25) is 10.0 Å². The first-order valence-electron chi connectivity index (χ1n) is 5.99. The molecule has 1 amide bonds. The molecule has 0 aliphatic heterocycles. The van der Waals surface area contributed by atoms with Crippen molar-refractivity contribution in [2.75, 3.05) is 5.32 Å². The van der Waals surface area contributed by atoms with Crippen molar-refractivity contribution in [3.8, 4) is 0 Å². The zero-order chi connectivity index (χ0) is 15.6. The van der Waals surface area contributed by atoms with Crippen molar-refractivity contribution in [2.24, 2.45) is 0 Å². The highest BCUT2D eigenvalue weighted by molar-refractivity contribution is 6.37. The number of carboxylic acid groups (broad SMARTS) is 1. The van der Waals surface area contributed by atoms with E-state index in [1.807, 2.05) is 0 Å². The lowest BCUT2D eigenvalue weighted by Crippen LogP contribution is -2.13. The molecule has 0 atom stereocenters. The van der Waals surface area contributed by atoms with Crippen molar-refractivity contribution in [3.63, 3.8) is 0 Å². The SMILES string of the molecule is Cc1cc(NC(=O)c2ccc(Cl)cc2Cl)ccc1C(=O)O. The number of rotatable bonds is 3. The molecule has 4 nitrogen and oxygen atoms in total. The molecular weight excluding hydrogens is 313 g/mol. The molecule has 0 bridgehead atoms. The van der Waals surface area contributed by atoms with Gasteiger partial charge >= 0.3 is 5.97 Å². The molecule has 21 heavy (non-hydrogen) atoms. The van der Waals surface area contributed by atoms with Gasteiger partial charge in [-0.2, -0.15) is 0 Å². The second kappa shape index (κ2) is 6.16. The lowest BCUT2D eigenvalue weighted by molar-refractivity contribution is 0.0696. The second-order valence-corrected chi connectivity index (χ2v) is 5.26. The zero-order valence-electron chi connectivity index (χ0n) is 11.0. The van der Waals surface area contributed by atoms with Crippen molar-refractivity contribution >= 4 is 40.8 Å². The number of carbonyl (C=O) groups excluding carboxylic acids is 1. The first-order valence-corrected chi connectivity index (χ1v) is 6.74. The van der Waals surface area contributed by atoms with E-state index >= 15 is 0 Å². The van der Waals surface area contributed by atoms with Crippen molar-refractivity contribution in [3.05, 3.63) is 63.1 Å². The highest BCUT2D eigenvalue weighted by atomic mass is 35.5. The fourth-order valence-corrected chi connectivity index (χ4v) is 2.35. The molecule has 2 aromatic carbocycles. The third-order valence-electron chi connectivity index (χ3n) is 2.89. The van der Waals surface area contributed by atoms with Gasteiger partial charge in [0.15, 0.2) is 0 Å². The van der Waals surface area contributed by atoms with Gasteiger partial charge in [-0.1, -0.05) is 23.2 Å². The summed E-state index contributed by atoms with van der Waals surface area (Å²) in [5, 5.41) is 12.3. The molecule has 0 unspecified atom stereocenters. The van der Waals surface area contributed by atoms with E-state index in [1.54, 1.807) is 19.1 Å². The highest BCUT2D eigenvalue weighted by Gasteiger charge is 2.12. The van der Waals surface area contributed by atoms with Gasteiger partial charge in [0.1, 0.15) is 0 Å². The summed E-state index contributed by atoms with van der Waals surface area (Å²) in [6.45, 7) is 1.66. The number of carboxylic acids is 1. The van der Waals surface area contributed by atoms with Crippen molar-refractivity contribution in [1.82, 2.24) is 0 Å². The number of halogens is 2. The van der Waals surface area contributed by atoms with Crippen LogP contribution in [0.4, 0.5) is 5.69 Å². The zero-order valence-corrected chi connectivity index (χ0v) is 12.5. The van der Waals surface area contributed by atoms with Crippen LogP contribution >= 0.6 is 23.2 Å². The summed E-state index contributed by atoms with van der Waals surface area (Å²) in [5.74, 6) is -1.40. The standard InChI is InChI=1S/C15H11Cl2NO3/c1-8-6-10(3-5-11(8)15(20)21)18-14(19)12-4-2-9(16)7-13(12)17/h2-7H,1H3,(H,18,19)(H,20,21). The Morgan fingerprint density at radius 2 is 1.71 bits per heavy atom. The maximum absolute atomic E-state index is 12.1. The lowest BCUT2D eigenvalue weighted by Gasteiger charge is -2.09. The van der Waals surface area contributed by atoms with E-state index in [4.69, 9.17) is 28.3 Å². The lowest BCUT2D eigenvalue weighted by atomic mass is 10.1. The largest absolute Gasteiger partial charge is 0.478 e. The van der Waals surface area contributed by atoms with Crippen LogP contribution in [0.25, 0.3) is 0 Å². The van der Waals surface area contributed by atoms with Gasteiger partial charge in [-0.15, -0.1) is 0 Å². The molecule has 0 aliphatic rings. The highest BCUT2D eigenvalue weighted by Crippen LogP contribution is 2.22. The Kier molecular flexibility index (Phi) is 4.50. The fraction of sp³-hybridized carbons (Fsp3) is 0.0667. The molecular formula is C15H11Cl2NO3. The van der Waals surface area contributed by atoms with E-state index in [0.29, 0.717) is 21.8 Å². The van der Waals surface area contributed by atoms with Gasteiger partial charge in [0.25, 0.3) is 5.91 Å². The van der Waals surface area contributed by atoms with Crippen LogP contribution in [-0.4, -0.2) is 17.0 Å². The van der Waals surface area contributed by atoms with Gasteiger partial charge in [-0.25, -0.2) is 4.79 Å². The Labute approximate surface area is 131 Å². The minimum atomic E-state index is -1.01. The summed E-state index contributed by atoms with van der Waals surface area (Å²) >= 11 is 11.7. The topological polar surface area (TPSA) is 66.4 Å². The maximum atomic E-state index is 12.1. The smallest absolute Gasteiger partial charge is 0.335 e. The summed E-state index contributed by atoms with van der Waals surface area (Å²) in [6, 6.07) is 9.14. The first-order chi connectivity index (χ1) is 9.88. The van der Waals surface area contributed by atoms with E-state index in [1.165, 1.54) is 24.3 Å². The molecule has 0 radical (unpaired) electrons. The molecule has 0 aromatic heterocycles. The molecule has 108 valence electrons. The maximum Gasteiger partial charge on any atom is 0.335 e. The van der Waals surface area contributed by atoms with Crippen molar-refractivity contribution in [1.29, 1.82) is 0 Å². The molecule has 0 saturated carbocycles. The summed E-state index contributed by atoms with van der Waals surface area (Å²) in [6.07, 6.45) is 0. The van der Waals surface area contributed by atoms with E-state index in [9.17, 15) is 9.59 Å². The average molecular weight is 324 g/mol. The number of benzene rings is 2. The van der Waals surface area contributed by atoms with Crippen molar-refractivity contribution < 1.29 is 14.7 Å². The number of aryl methyl sites for hydroxylation is 1. The van der Waals surface area contributed by atoms with Crippen LogP contribution in [0.15, 0.2) is 36.4 Å². The van der Waals surface area contributed by atoms with Gasteiger partial charge in [0, 0.05) is 10.7 Å². The Hall–Kier alpha value is -2.04. The summed E-state index contributed by atoms with van der Waals surface area (Å²) < 4.78 is 0. The molecule has 0 spiro atoms. The predicted molar refractivity (Wildman–Crippen MR) is 82.6 cm³/mol. The number of hydrogen-bond donors (Lipinski definition) is 2. The molecule has 2 rings (SSSR count). The Morgan fingerprint density at radius 3 is 2.29 bits per heavy atom. The van der Waals surface area contributed by atoms with Gasteiger partial charge in [0.05, 0.1) is 16.1 Å². The van der Waals surface area contributed by atoms with Crippen LogP contribution in [0.1, 0.15) is 26.3 Å². The fourth-order valence-electron chi connectivity index (χ4n) is 1.85. The molecule has 0 saturated heterocycles. The van der Waals surface area contributed by atoms with Crippen LogP contribution in [0, 0.1) is 6.92 Å². The summed E-state index contributed by atoms with van der Waals surface area (Å²) in [7, 11) is 0. The number of hydrogen-bond acceptors (Lipinski definition) is 2. The molecule has 0 fully saturated rings. The number of aromatic carboxylic acids is 1. The van der Waals surface area contributed by atoms with Crippen molar-refractivity contribution in [2.45, 2.75) is 6.92 Å². The minimum Gasteiger partial charge on any atom is -0.478 e. The van der Waals surface area contributed by atoms with Crippen LogP contribution in [0.3, 0.4) is 0 Å². The minimum absolute atomic E-state index is 0.192. The van der Waals surface area contributed by atoms with Gasteiger partial charge < -0.3 is 10.4 Å². The van der Waals surface area contributed by atoms with Gasteiger partial charge in [-0.05, 0) is 48.9 Å². The van der Waals surface area contributed by atoms with Gasteiger partial charge in [0.2, 0.25) is 0 Å². The Balaban J connectivity index is 2.23. The van der Waals surface area contributed by atoms with E-state index in [0.717, 1.165) is 0 Å². The number of amides is 1. The Bertz CT molecular complexity index is 729. The normalized spacial score (nSPS) is 10.2. The van der Waals surface area contributed by atoms with Gasteiger partial charge in [-0.3, -0.25) is 4.79 Å². The number of carbonyl (C=O) groups is 2. The third kappa shape index (κ3) is 3.54. The van der Waals surface area contributed by atoms with E-state index in [-0.39, 0.29) is 16.5 Å². The second-order valence-electron chi connectivity index (χ2n) is 4.41. The van der Waals surface area contributed by atoms with Crippen LogP contribution in [-0.2, 0) is 0 Å². The molecule has 2 N–H and O–H groups in total. The van der Waals surface area contributed by atoms with E-state index < -0.39 is 5.97 Å². The van der Waals surface area contributed by atoms with E-state index in [2.05, 4.69) is 5.32 Å². The quantitative estimate of drug-likeness (QED) is 0.887. The summed E-state index contributed by atoms with van der Waals surface area (Å²) in [4.78, 5) is 23.1. The third-order valence-corrected chi connectivity index (χ3v) is 3.44. The number of anilines is 1. The van der Waals surface area contributed by atoms with Crippen LogP contribution < -0.4 is 5.32 Å².